The molecule has 0 aromatic heterocycles. The van der Waals surface area contributed by atoms with E-state index in [4.69, 9.17) is 27.3 Å². The maximum Gasteiger partial charge on any atom is 0.260 e. The summed E-state index contributed by atoms with van der Waals surface area (Å²) >= 11 is 7.73. The molecule has 1 aromatic carbocycles. The van der Waals surface area contributed by atoms with Crippen LogP contribution >= 0.6 is 23.4 Å². The van der Waals surface area contributed by atoms with Gasteiger partial charge in [0.05, 0.1) is 12.6 Å². The Hall–Kier alpha value is -0.790. The maximum atomic E-state index is 12.0. The number of hydrogen-bond acceptors (Lipinski definition) is 5. The minimum Gasteiger partial charge on any atom is -0.394 e. The number of thioether (sulfide) groups is 1. The Labute approximate surface area is 140 Å². The lowest BCUT2D eigenvalue weighted by Crippen LogP contribution is -2.44. The molecule has 2 atom stereocenters. The Kier molecular flexibility index (Phi) is 8.20. The number of nitrogens with one attached hydrogen (secondary N) is 1. The first kappa shape index (κ1) is 19.3. The number of rotatable bonds is 8. The highest BCUT2D eigenvalue weighted by Crippen LogP contribution is 2.23. The number of halogens is 1. The van der Waals surface area contributed by atoms with Crippen molar-refractivity contribution in [2.75, 3.05) is 12.9 Å². The molecule has 4 N–H and O–H groups in total. The van der Waals surface area contributed by atoms with E-state index in [2.05, 4.69) is 5.48 Å². The summed E-state index contributed by atoms with van der Waals surface area (Å²) in [5, 5.41) is 9.73. The minimum atomic E-state index is -0.777. The van der Waals surface area contributed by atoms with Gasteiger partial charge in [-0.05, 0) is 42.4 Å². The van der Waals surface area contributed by atoms with Gasteiger partial charge in [0.2, 0.25) is 0 Å². The third-order valence-corrected chi connectivity index (χ3v) is 4.36. The Morgan fingerprint density at radius 1 is 1.50 bits per heavy atom. The van der Waals surface area contributed by atoms with Crippen LogP contribution in [0.1, 0.15) is 19.4 Å². The first-order chi connectivity index (χ1) is 10.4. The van der Waals surface area contributed by atoms with E-state index < -0.39 is 18.1 Å². The van der Waals surface area contributed by atoms with Crippen LogP contribution in [0.2, 0.25) is 5.02 Å². The van der Waals surface area contributed by atoms with E-state index in [0.29, 0.717) is 11.4 Å². The van der Waals surface area contributed by atoms with Gasteiger partial charge in [0.1, 0.15) is 6.10 Å². The fourth-order valence-electron chi connectivity index (χ4n) is 1.76. The summed E-state index contributed by atoms with van der Waals surface area (Å²) in [5.41, 5.74) is 9.02. The fourth-order valence-corrected chi connectivity index (χ4v) is 2.42. The van der Waals surface area contributed by atoms with Gasteiger partial charge in [-0.25, -0.2) is 5.48 Å². The number of aliphatic hydroxyl groups is 1. The van der Waals surface area contributed by atoms with E-state index >= 15 is 0 Å². The molecule has 0 spiro atoms. The molecule has 0 saturated heterocycles. The summed E-state index contributed by atoms with van der Waals surface area (Å²) in [5.74, 6) is -0.362. The summed E-state index contributed by atoms with van der Waals surface area (Å²) in [7, 11) is 0. The van der Waals surface area contributed by atoms with Crippen LogP contribution in [0.3, 0.4) is 0 Å². The van der Waals surface area contributed by atoms with Crippen molar-refractivity contribution in [1.82, 2.24) is 5.48 Å². The smallest absolute Gasteiger partial charge is 0.260 e. The Bertz CT molecular complexity index is 500. The molecule has 1 amide bonds. The number of nitrogens with two attached hydrogens (primary N) is 1. The molecule has 2 unspecified atom stereocenters. The molecule has 0 saturated carbocycles. The van der Waals surface area contributed by atoms with Gasteiger partial charge < -0.3 is 10.8 Å². The second kappa shape index (κ2) is 9.37. The lowest BCUT2D eigenvalue weighted by atomic mass is 10.1. The minimum absolute atomic E-state index is 0.0780. The Balaban J connectivity index is 2.61. The van der Waals surface area contributed by atoms with Gasteiger partial charge in [0, 0.05) is 9.92 Å². The topological polar surface area (TPSA) is 84.6 Å². The lowest BCUT2D eigenvalue weighted by molar-refractivity contribution is -0.144. The van der Waals surface area contributed by atoms with Crippen LogP contribution in [-0.4, -0.2) is 36.0 Å². The number of amides is 1. The summed E-state index contributed by atoms with van der Waals surface area (Å²) in [6.07, 6.45) is 1.82. The van der Waals surface area contributed by atoms with Crippen molar-refractivity contribution in [2.24, 2.45) is 11.7 Å². The van der Waals surface area contributed by atoms with E-state index in [0.717, 1.165) is 10.5 Å². The molecule has 1 aromatic rings. The zero-order chi connectivity index (χ0) is 16.7. The molecule has 22 heavy (non-hydrogen) atoms. The number of hydroxylamine groups is 1. The Morgan fingerprint density at radius 2 is 2.18 bits per heavy atom. The van der Waals surface area contributed by atoms with Gasteiger partial charge in [-0.2, -0.15) is 0 Å². The summed E-state index contributed by atoms with van der Waals surface area (Å²) < 4.78 is 0. The predicted octanol–water partition coefficient (Wildman–Crippen LogP) is 2.00. The van der Waals surface area contributed by atoms with Crippen LogP contribution in [-0.2, 0) is 16.1 Å². The molecular formula is C15H23ClN2O3S. The van der Waals surface area contributed by atoms with Crippen LogP contribution in [0.5, 0.6) is 0 Å². The van der Waals surface area contributed by atoms with Crippen molar-refractivity contribution < 1.29 is 14.7 Å². The second-order valence-electron chi connectivity index (χ2n) is 5.32. The highest BCUT2D eigenvalue weighted by molar-refractivity contribution is 7.98. The molecule has 5 nitrogen and oxygen atoms in total. The van der Waals surface area contributed by atoms with Crippen molar-refractivity contribution in [3.05, 3.63) is 28.8 Å². The van der Waals surface area contributed by atoms with E-state index in [-0.39, 0.29) is 12.5 Å². The largest absolute Gasteiger partial charge is 0.394 e. The Morgan fingerprint density at radius 3 is 2.73 bits per heavy atom. The highest BCUT2D eigenvalue weighted by atomic mass is 35.5. The standard InChI is InChI=1S/C15H23ClN2O3S/c1-9(2)14(8-19)21-18-15(20)13(17)7-10-6-11(22-3)4-5-12(10)16/h4-6,9,13-14,19H,7-8,17H2,1-3H3,(H,18,20). The molecule has 0 heterocycles. The molecule has 0 aliphatic carbocycles. The van der Waals surface area contributed by atoms with Crippen LogP contribution in [0.25, 0.3) is 0 Å². The summed E-state index contributed by atoms with van der Waals surface area (Å²) in [6, 6.07) is 4.86. The first-order valence-electron chi connectivity index (χ1n) is 7.03. The molecule has 124 valence electrons. The van der Waals surface area contributed by atoms with Gasteiger partial charge in [-0.1, -0.05) is 25.4 Å². The highest BCUT2D eigenvalue weighted by Gasteiger charge is 2.19. The van der Waals surface area contributed by atoms with Crippen LogP contribution in [0.15, 0.2) is 23.1 Å². The number of carbonyl (C=O) groups excluding carboxylic acids is 1. The van der Waals surface area contributed by atoms with Crippen LogP contribution in [0.4, 0.5) is 0 Å². The van der Waals surface area contributed by atoms with Crippen molar-refractivity contribution in [3.8, 4) is 0 Å². The molecular weight excluding hydrogens is 324 g/mol. The number of aliphatic hydroxyl groups excluding tert-OH is 1. The van der Waals surface area contributed by atoms with Crippen molar-refractivity contribution >= 4 is 29.3 Å². The lowest BCUT2D eigenvalue weighted by Gasteiger charge is -2.20. The third kappa shape index (κ3) is 5.78. The van der Waals surface area contributed by atoms with Gasteiger partial charge in [0.25, 0.3) is 5.91 Å². The summed E-state index contributed by atoms with van der Waals surface area (Å²) in [4.78, 5) is 18.2. The zero-order valence-electron chi connectivity index (χ0n) is 13.0. The predicted molar refractivity (Wildman–Crippen MR) is 89.9 cm³/mol. The van der Waals surface area contributed by atoms with Crippen molar-refractivity contribution in [1.29, 1.82) is 0 Å². The van der Waals surface area contributed by atoms with Crippen LogP contribution < -0.4 is 11.2 Å². The molecule has 7 heteroatoms. The number of hydrogen-bond donors (Lipinski definition) is 3. The second-order valence-corrected chi connectivity index (χ2v) is 6.60. The normalized spacial score (nSPS) is 14.0. The molecule has 0 bridgehead atoms. The maximum absolute atomic E-state index is 12.0. The average Bonchev–Trinajstić information content (AvgIpc) is 2.49. The molecule has 1 rings (SSSR count). The van der Waals surface area contributed by atoms with E-state index in [1.54, 1.807) is 17.8 Å². The molecule has 0 radical (unpaired) electrons. The van der Waals surface area contributed by atoms with Crippen molar-refractivity contribution in [2.45, 2.75) is 37.3 Å². The third-order valence-electron chi connectivity index (χ3n) is 3.26. The van der Waals surface area contributed by atoms with E-state index in [9.17, 15) is 4.79 Å². The molecule has 0 aliphatic heterocycles. The SMILES string of the molecule is CSc1ccc(Cl)c(CC(N)C(=O)NOC(CO)C(C)C)c1. The number of carbonyl (C=O) groups is 1. The monoisotopic (exact) mass is 346 g/mol. The van der Waals surface area contributed by atoms with Gasteiger partial charge in [0.15, 0.2) is 0 Å². The first-order valence-corrected chi connectivity index (χ1v) is 8.63. The molecule has 0 aliphatic rings. The fraction of sp³-hybridized carbons (Fsp3) is 0.533. The van der Waals surface area contributed by atoms with Gasteiger partial charge >= 0.3 is 0 Å². The quantitative estimate of drug-likeness (QED) is 0.495. The zero-order valence-corrected chi connectivity index (χ0v) is 14.6. The number of benzene rings is 1. The van der Waals surface area contributed by atoms with Crippen molar-refractivity contribution in [3.63, 3.8) is 0 Å². The summed E-state index contributed by atoms with van der Waals surface area (Å²) in [6.45, 7) is 3.61. The van der Waals surface area contributed by atoms with Gasteiger partial charge in [-0.3, -0.25) is 9.63 Å². The van der Waals surface area contributed by atoms with E-state index in [1.165, 1.54) is 0 Å². The van der Waals surface area contributed by atoms with E-state index in [1.807, 2.05) is 32.2 Å². The van der Waals surface area contributed by atoms with Crippen LogP contribution in [0, 0.1) is 5.92 Å². The molecule has 0 fully saturated rings. The average molecular weight is 347 g/mol. The van der Waals surface area contributed by atoms with Gasteiger partial charge in [-0.15, -0.1) is 11.8 Å².